The van der Waals surface area contributed by atoms with E-state index in [0.717, 1.165) is 25.3 Å². The third-order valence-electron chi connectivity index (χ3n) is 5.84. The van der Waals surface area contributed by atoms with Gasteiger partial charge in [-0.25, -0.2) is 4.68 Å². The van der Waals surface area contributed by atoms with Crippen molar-refractivity contribution >= 4 is 5.57 Å². The van der Waals surface area contributed by atoms with E-state index in [2.05, 4.69) is 38.1 Å². The lowest BCUT2D eigenvalue weighted by molar-refractivity contribution is 0.208. The van der Waals surface area contributed by atoms with Gasteiger partial charge in [0.1, 0.15) is 5.75 Å². The van der Waals surface area contributed by atoms with Crippen LogP contribution in [-0.2, 0) is 0 Å². The Labute approximate surface area is 154 Å². The molecule has 1 aliphatic heterocycles. The molecule has 26 heavy (non-hydrogen) atoms. The second-order valence-electron chi connectivity index (χ2n) is 7.47. The number of rotatable bonds is 4. The van der Waals surface area contributed by atoms with Gasteiger partial charge in [0.2, 0.25) is 0 Å². The molecular weight excluding hydrogens is 326 g/mol. The average Bonchev–Trinajstić information content (AvgIpc) is 3.19. The Hall–Kier alpha value is -2.21. The van der Waals surface area contributed by atoms with Crippen molar-refractivity contribution in [2.75, 3.05) is 13.1 Å². The molecule has 2 heterocycles. The molecule has 1 aromatic carbocycles. The quantitative estimate of drug-likeness (QED) is 0.907. The molecule has 6 nitrogen and oxygen atoms in total. The molecule has 1 aromatic heterocycles. The third-order valence-corrected chi connectivity index (χ3v) is 5.84. The summed E-state index contributed by atoms with van der Waals surface area (Å²) >= 11 is 0. The van der Waals surface area contributed by atoms with E-state index >= 15 is 0 Å². The van der Waals surface area contributed by atoms with Crippen LogP contribution < -0.4 is 0 Å². The maximum absolute atomic E-state index is 9.46. The Morgan fingerprint density at radius 2 is 1.88 bits per heavy atom. The van der Waals surface area contributed by atoms with E-state index in [9.17, 15) is 5.11 Å². The number of phenols is 1. The predicted octanol–water partition coefficient (Wildman–Crippen LogP) is 3.73. The first-order valence-corrected chi connectivity index (χ1v) is 9.72. The Balaban J connectivity index is 1.46. The highest BCUT2D eigenvalue weighted by atomic mass is 16.3. The SMILES string of the molecule is CC(c1nnnn1C1CCCCC1)N1CC=C(c2ccc(O)cc2)CC1. The second kappa shape index (κ2) is 7.58. The topological polar surface area (TPSA) is 67.1 Å². The maximum atomic E-state index is 9.46. The van der Waals surface area contributed by atoms with E-state index in [-0.39, 0.29) is 6.04 Å². The van der Waals surface area contributed by atoms with Gasteiger partial charge >= 0.3 is 0 Å². The Kier molecular flexibility index (Phi) is 5.02. The van der Waals surface area contributed by atoms with Crippen LogP contribution in [0.5, 0.6) is 5.75 Å². The molecule has 2 aliphatic rings. The van der Waals surface area contributed by atoms with Crippen molar-refractivity contribution in [3.8, 4) is 5.75 Å². The number of aromatic nitrogens is 4. The van der Waals surface area contributed by atoms with Crippen LogP contribution in [0.15, 0.2) is 30.3 Å². The predicted molar refractivity (Wildman–Crippen MR) is 101 cm³/mol. The molecule has 0 radical (unpaired) electrons. The van der Waals surface area contributed by atoms with E-state index in [4.69, 9.17) is 0 Å². The van der Waals surface area contributed by atoms with Gasteiger partial charge in [0.25, 0.3) is 0 Å². The zero-order chi connectivity index (χ0) is 17.9. The van der Waals surface area contributed by atoms with Gasteiger partial charge in [-0.2, -0.15) is 0 Å². The normalized spacial score (nSPS) is 20.7. The Bertz CT molecular complexity index is 761. The molecule has 1 atom stereocenters. The molecule has 4 rings (SSSR count). The standard InChI is InChI=1S/C20H27N5O/c1-15(20-21-22-23-25(20)18-5-3-2-4-6-18)24-13-11-17(12-14-24)16-7-9-19(26)10-8-16/h7-11,15,18,26H,2-6,12-14H2,1H3. The molecule has 0 bridgehead atoms. The highest BCUT2D eigenvalue weighted by molar-refractivity contribution is 5.67. The van der Waals surface area contributed by atoms with Crippen LogP contribution >= 0.6 is 0 Å². The lowest BCUT2D eigenvalue weighted by atomic mass is 9.95. The first kappa shape index (κ1) is 17.2. The highest BCUT2D eigenvalue weighted by Crippen LogP contribution is 2.32. The summed E-state index contributed by atoms with van der Waals surface area (Å²) < 4.78 is 2.09. The molecule has 2 aromatic rings. The van der Waals surface area contributed by atoms with Crippen molar-refractivity contribution in [1.29, 1.82) is 0 Å². The van der Waals surface area contributed by atoms with Crippen LogP contribution in [-0.4, -0.2) is 43.3 Å². The minimum absolute atomic E-state index is 0.213. The Morgan fingerprint density at radius 1 is 1.12 bits per heavy atom. The van der Waals surface area contributed by atoms with E-state index in [0.29, 0.717) is 11.8 Å². The van der Waals surface area contributed by atoms with Gasteiger partial charge in [-0.3, -0.25) is 4.90 Å². The van der Waals surface area contributed by atoms with E-state index < -0.39 is 0 Å². The zero-order valence-corrected chi connectivity index (χ0v) is 15.4. The number of nitrogens with zero attached hydrogens (tertiary/aromatic N) is 5. The van der Waals surface area contributed by atoms with E-state index in [1.54, 1.807) is 12.1 Å². The lowest BCUT2D eigenvalue weighted by Crippen LogP contribution is -2.33. The van der Waals surface area contributed by atoms with Crippen molar-refractivity contribution < 1.29 is 5.11 Å². The first-order chi connectivity index (χ1) is 12.7. The molecule has 0 amide bonds. The smallest absolute Gasteiger partial charge is 0.168 e. The van der Waals surface area contributed by atoms with Gasteiger partial charge in [-0.15, -0.1) is 5.10 Å². The van der Waals surface area contributed by atoms with Gasteiger partial charge in [0.05, 0.1) is 12.1 Å². The molecular formula is C20H27N5O. The summed E-state index contributed by atoms with van der Waals surface area (Å²) in [5, 5.41) is 22.1. The number of aromatic hydroxyl groups is 1. The van der Waals surface area contributed by atoms with Gasteiger partial charge < -0.3 is 5.11 Å². The molecule has 6 heteroatoms. The molecule has 1 N–H and O–H groups in total. The Morgan fingerprint density at radius 3 is 2.58 bits per heavy atom. The highest BCUT2D eigenvalue weighted by Gasteiger charge is 2.27. The number of tetrazole rings is 1. The van der Waals surface area contributed by atoms with Crippen LogP contribution in [0.3, 0.4) is 0 Å². The second-order valence-corrected chi connectivity index (χ2v) is 7.47. The van der Waals surface area contributed by atoms with Gasteiger partial charge in [-0.1, -0.05) is 37.5 Å². The molecule has 138 valence electrons. The van der Waals surface area contributed by atoms with E-state index in [1.165, 1.54) is 43.2 Å². The van der Waals surface area contributed by atoms with Crippen molar-refractivity contribution in [2.45, 2.75) is 57.5 Å². The third kappa shape index (κ3) is 3.51. The monoisotopic (exact) mass is 353 g/mol. The van der Waals surface area contributed by atoms with Gasteiger partial charge in [-0.05, 0) is 59.9 Å². The minimum atomic E-state index is 0.213. The fourth-order valence-electron chi connectivity index (χ4n) is 4.20. The van der Waals surface area contributed by atoms with Crippen LogP contribution in [0.4, 0.5) is 0 Å². The van der Waals surface area contributed by atoms with Gasteiger partial charge in [0.15, 0.2) is 5.82 Å². The number of hydrogen-bond acceptors (Lipinski definition) is 5. The molecule has 0 spiro atoms. The fourth-order valence-corrected chi connectivity index (χ4v) is 4.20. The van der Waals surface area contributed by atoms with Crippen molar-refractivity contribution in [2.24, 2.45) is 0 Å². The summed E-state index contributed by atoms with van der Waals surface area (Å²) in [5.74, 6) is 1.31. The van der Waals surface area contributed by atoms with Crippen molar-refractivity contribution in [3.05, 3.63) is 41.7 Å². The summed E-state index contributed by atoms with van der Waals surface area (Å²) in [5.41, 5.74) is 2.54. The first-order valence-electron chi connectivity index (χ1n) is 9.72. The molecule has 1 saturated carbocycles. The van der Waals surface area contributed by atoms with Crippen molar-refractivity contribution in [1.82, 2.24) is 25.1 Å². The molecule has 1 fully saturated rings. The minimum Gasteiger partial charge on any atom is -0.508 e. The molecule has 0 saturated heterocycles. The summed E-state index contributed by atoms with van der Waals surface area (Å²) in [6.07, 6.45) is 9.56. The molecule has 1 unspecified atom stereocenters. The summed E-state index contributed by atoms with van der Waals surface area (Å²) in [6.45, 7) is 4.10. The molecule has 1 aliphatic carbocycles. The zero-order valence-electron chi connectivity index (χ0n) is 15.4. The largest absolute Gasteiger partial charge is 0.508 e. The summed E-state index contributed by atoms with van der Waals surface area (Å²) in [4.78, 5) is 2.44. The van der Waals surface area contributed by atoms with E-state index in [1.807, 2.05) is 12.1 Å². The number of hydrogen-bond donors (Lipinski definition) is 1. The summed E-state index contributed by atoms with van der Waals surface area (Å²) in [6, 6.07) is 8.16. The van der Waals surface area contributed by atoms with Crippen molar-refractivity contribution in [3.63, 3.8) is 0 Å². The number of benzene rings is 1. The average molecular weight is 353 g/mol. The fraction of sp³-hybridized carbons (Fsp3) is 0.550. The summed E-state index contributed by atoms with van der Waals surface area (Å²) in [7, 11) is 0. The maximum Gasteiger partial charge on any atom is 0.168 e. The van der Waals surface area contributed by atoms with Crippen LogP contribution in [0.25, 0.3) is 5.57 Å². The van der Waals surface area contributed by atoms with Gasteiger partial charge in [0, 0.05) is 13.1 Å². The lowest BCUT2D eigenvalue weighted by Gasteiger charge is -2.32. The number of phenolic OH excluding ortho intramolecular Hbond substituents is 1. The van der Waals surface area contributed by atoms with Crippen LogP contribution in [0.1, 0.15) is 68.9 Å². The van der Waals surface area contributed by atoms with Crippen LogP contribution in [0, 0.1) is 0 Å². The van der Waals surface area contributed by atoms with Crippen LogP contribution in [0.2, 0.25) is 0 Å².